The Morgan fingerprint density at radius 3 is 2.24 bits per heavy atom. The highest BCUT2D eigenvalue weighted by atomic mass is 35.5. The molecule has 0 amide bonds. The minimum atomic E-state index is 0.405. The van der Waals surface area contributed by atoms with Gasteiger partial charge in [0.2, 0.25) is 0 Å². The lowest BCUT2D eigenvalue weighted by Gasteiger charge is -2.28. The van der Waals surface area contributed by atoms with Crippen molar-refractivity contribution >= 4 is 22.4 Å². The quantitative estimate of drug-likeness (QED) is 0.664. The van der Waals surface area contributed by atoms with Crippen LogP contribution in [0.15, 0.2) is 36.4 Å². The number of fused-ring (bicyclic) bond motifs is 1. The van der Waals surface area contributed by atoms with Gasteiger partial charge in [-0.2, -0.15) is 0 Å². The summed E-state index contributed by atoms with van der Waals surface area (Å²) < 4.78 is 0. The van der Waals surface area contributed by atoms with Crippen LogP contribution < -0.4 is 5.32 Å². The van der Waals surface area contributed by atoms with Crippen molar-refractivity contribution in [3.63, 3.8) is 0 Å². The standard InChI is InChI=1S/C19H26ClN/c1-4-13-21-19(14(5-2)6-3)17-11-12-18(20)16-10-8-7-9-15(16)17/h7-12,14,19,21H,4-6,13H2,1-3H3. The van der Waals surface area contributed by atoms with E-state index in [1.165, 1.54) is 23.8 Å². The van der Waals surface area contributed by atoms with Gasteiger partial charge in [0.25, 0.3) is 0 Å². The third-order valence-electron chi connectivity index (χ3n) is 4.37. The fourth-order valence-electron chi connectivity index (χ4n) is 3.15. The molecule has 0 bridgehead atoms. The van der Waals surface area contributed by atoms with Crippen LogP contribution in [0.3, 0.4) is 0 Å². The van der Waals surface area contributed by atoms with Crippen molar-refractivity contribution in [1.29, 1.82) is 0 Å². The zero-order valence-electron chi connectivity index (χ0n) is 13.3. The molecule has 0 aliphatic carbocycles. The molecule has 2 aromatic rings. The van der Waals surface area contributed by atoms with Gasteiger partial charge in [-0.05, 0) is 35.9 Å². The van der Waals surface area contributed by atoms with Crippen LogP contribution in [-0.2, 0) is 0 Å². The zero-order chi connectivity index (χ0) is 15.2. The summed E-state index contributed by atoms with van der Waals surface area (Å²) in [6.45, 7) is 7.84. The molecular formula is C19H26ClN. The molecule has 1 unspecified atom stereocenters. The van der Waals surface area contributed by atoms with Crippen molar-refractivity contribution in [2.75, 3.05) is 6.54 Å². The summed E-state index contributed by atoms with van der Waals surface area (Å²) in [5, 5.41) is 7.04. The van der Waals surface area contributed by atoms with E-state index in [1.54, 1.807) is 0 Å². The van der Waals surface area contributed by atoms with Crippen molar-refractivity contribution in [2.45, 2.75) is 46.1 Å². The molecule has 1 nitrogen and oxygen atoms in total. The second-order valence-corrected chi connectivity index (χ2v) is 6.10. The summed E-state index contributed by atoms with van der Waals surface area (Å²) >= 11 is 6.36. The van der Waals surface area contributed by atoms with E-state index in [1.807, 2.05) is 6.07 Å². The minimum absolute atomic E-state index is 0.405. The molecule has 1 N–H and O–H groups in total. The highest BCUT2D eigenvalue weighted by Crippen LogP contribution is 2.35. The second-order valence-electron chi connectivity index (χ2n) is 5.69. The predicted octanol–water partition coefficient (Wildman–Crippen LogP) is 5.97. The van der Waals surface area contributed by atoms with Gasteiger partial charge in [-0.25, -0.2) is 0 Å². The third kappa shape index (κ3) is 3.59. The summed E-state index contributed by atoms with van der Waals surface area (Å²) in [4.78, 5) is 0. The molecule has 0 aliphatic heterocycles. The molecule has 2 rings (SSSR count). The van der Waals surface area contributed by atoms with Gasteiger partial charge < -0.3 is 5.32 Å². The van der Waals surface area contributed by atoms with E-state index >= 15 is 0 Å². The van der Waals surface area contributed by atoms with Crippen molar-refractivity contribution in [2.24, 2.45) is 5.92 Å². The summed E-state index contributed by atoms with van der Waals surface area (Å²) in [5.41, 5.74) is 1.39. The molecule has 2 aromatic carbocycles. The van der Waals surface area contributed by atoms with Gasteiger partial charge in [-0.15, -0.1) is 0 Å². The number of nitrogens with one attached hydrogen (secondary N) is 1. The van der Waals surface area contributed by atoms with Gasteiger partial charge in [0.1, 0.15) is 0 Å². The molecule has 2 heteroatoms. The Morgan fingerprint density at radius 1 is 0.952 bits per heavy atom. The first-order chi connectivity index (χ1) is 10.2. The van der Waals surface area contributed by atoms with Gasteiger partial charge >= 0.3 is 0 Å². The molecule has 114 valence electrons. The summed E-state index contributed by atoms with van der Waals surface area (Å²) in [6.07, 6.45) is 3.53. The average Bonchev–Trinajstić information content (AvgIpc) is 2.53. The number of hydrogen-bond donors (Lipinski definition) is 1. The Morgan fingerprint density at radius 2 is 1.62 bits per heavy atom. The van der Waals surface area contributed by atoms with Gasteiger partial charge in [0.15, 0.2) is 0 Å². The highest BCUT2D eigenvalue weighted by Gasteiger charge is 2.21. The van der Waals surface area contributed by atoms with Crippen LogP contribution in [0.2, 0.25) is 5.02 Å². The molecular weight excluding hydrogens is 278 g/mol. The Labute approximate surface area is 133 Å². The van der Waals surface area contributed by atoms with E-state index in [2.05, 4.69) is 56.4 Å². The number of hydrogen-bond acceptors (Lipinski definition) is 1. The largest absolute Gasteiger partial charge is 0.310 e. The SMILES string of the molecule is CCCNC(c1ccc(Cl)c2ccccc12)C(CC)CC. The lowest BCUT2D eigenvalue weighted by molar-refractivity contribution is 0.343. The highest BCUT2D eigenvalue weighted by molar-refractivity contribution is 6.35. The molecule has 1 atom stereocenters. The van der Waals surface area contributed by atoms with E-state index < -0.39 is 0 Å². The average molecular weight is 304 g/mol. The summed E-state index contributed by atoms with van der Waals surface area (Å²) in [5.74, 6) is 0.654. The minimum Gasteiger partial charge on any atom is -0.310 e. The van der Waals surface area contributed by atoms with Crippen molar-refractivity contribution < 1.29 is 0 Å². The molecule has 0 aliphatic rings. The first-order valence-corrected chi connectivity index (χ1v) is 8.51. The van der Waals surface area contributed by atoms with Crippen LogP contribution in [0.25, 0.3) is 10.8 Å². The monoisotopic (exact) mass is 303 g/mol. The van der Waals surface area contributed by atoms with E-state index in [0.29, 0.717) is 12.0 Å². The first-order valence-electron chi connectivity index (χ1n) is 8.13. The second kappa shape index (κ2) is 7.82. The molecule has 0 saturated heterocycles. The van der Waals surface area contributed by atoms with Crippen molar-refractivity contribution in [3.05, 3.63) is 47.0 Å². The predicted molar refractivity (Wildman–Crippen MR) is 94.1 cm³/mol. The maximum atomic E-state index is 6.36. The molecule has 21 heavy (non-hydrogen) atoms. The lowest BCUT2D eigenvalue weighted by Crippen LogP contribution is -2.28. The number of benzene rings is 2. The maximum absolute atomic E-state index is 6.36. The molecule has 0 heterocycles. The van der Waals surface area contributed by atoms with Crippen LogP contribution in [-0.4, -0.2) is 6.54 Å². The number of halogens is 1. The number of rotatable bonds is 7. The Kier molecular flexibility index (Phi) is 6.08. The zero-order valence-corrected chi connectivity index (χ0v) is 14.1. The third-order valence-corrected chi connectivity index (χ3v) is 4.70. The molecule has 0 radical (unpaired) electrons. The van der Waals surface area contributed by atoms with Crippen LogP contribution in [0.1, 0.15) is 51.6 Å². The maximum Gasteiger partial charge on any atom is 0.0484 e. The van der Waals surface area contributed by atoms with E-state index in [0.717, 1.165) is 23.4 Å². The molecule has 0 fully saturated rings. The Balaban J connectivity index is 2.51. The van der Waals surface area contributed by atoms with Crippen LogP contribution >= 0.6 is 11.6 Å². The Hall–Kier alpha value is -1.05. The normalized spacial score (nSPS) is 13.0. The van der Waals surface area contributed by atoms with E-state index in [4.69, 9.17) is 11.6 Å². The molecule has 0 spiro atoms. The van der Waals surface area contributed by atoms with Crippen LogP contribution in [0.4, 0.5) is 0 Å². The van der Waals surface area contributed by atoms with Gasteiger partial charge in [-0.1, -0.05) is 75.5 Å². The summed E-state index contributed by atoms with van der Waals surface area (Å²) in [6, 6.07) is 13.1. The van der Waals surface area contributed by atoms with Crippen LogP contribution in [0.5, 0.6) is 0 Å². The lowest BCUT2D eigenvalue weighted by atomic mass is 9.86. The van der Waals surface area contributed by atoms with Gasteiger partial charge in [0, 0.05) is 16.5 Å². The van der Waals surface area contributed by atoms with Gasteiger partial charge in [0.05, 0.1) is 0 Å². The van der Waals surface area contributed by atoms with E-state index in [9.17, 15) is 0 Å². The fraction of sp³-hybridized carbons (Fsp3) is 0.474. The summed E-state index contributed by atoms with van der Waals surface area (Å²) in [7, 11) is 0. The fourth-order valence-corrected chi connectivity index (χ4v) is 3.38. The van der Waals surface area contributed by atoms with Crippen molar-refractivity contribution in [1.82, 2.24) is 5.32 Å². The van der Waals surface area contributed by atoms with Crippen LogP contribution in [0, 0.1) is 5.92 Å². The topological polar surface area (TPSA) is 12.0 Å². The van der Waals surface area contributed by atoms with E-state index in [-0.39, 0.29) is 0 Å². The smallest absolute Gasteiger partial charge is 0.0484 e. The van der Waals surface area contributed by atoms with Gasteiger partial charge in [-0.3, -0.25) is 0 Å². The Bertz CT molecular complexity index is 575. The molecule has 0 aromatic heterocycles. The first kappa shape index (κ1) is 16.3. The molecule has 0 saturated carbocycles. The van der Waals surface area contributed by atoms with Crippen molar-refractivity contribution in [3.8, 4) is 0 Å².